The first-order valence-corrected chi connectivity index (χ1v) is 6.27. The van der Waals surface area contributed by atoms with Crippen LogP contribution in [-0.4, -0.2) is 38.3 Å². The largest absolute Gasteiger partial charge is 0.383 e. The highest BCUT2D eigenvalue weighted by Gasteiger charge is 2.14. The molecule has 4 nitrogen and oxygen atoms in total. The standard InChI is InChI=1S/C13H21N3O/c1-17-7-6-15-13-3-2-11(10-16-13)8-12-4-5-14-9-12/h2-3,10,12,14H,4-9H2,1H3,(H,15,16)/t12-/m1/s1. The molecule has 94 valence electrons. The Balaban J connectivity index is 1.80. The molecular formula is C13H21N3O. The van der Waals surface area contributed by atoms with E-state index in [1.807, 2.05) is 12.3 Å². The van der Waals surface area contributed by atoms with Crippen LogP contribution in [0.15, 0.2) is 18.3 Å². The van der Waals surface area contributed by atoms with Gasteiger partial charge < -0.3 is 15.4 Å². The number of aromatic nitrogens is 1. The van der Waals surface area contributed by atoms with E-state index in [0.29, 0.717) is 6.61 Å². The predicted octanol–water partition coefficient (Wildman–Crippen LogP) is 1.29. The Morgan fingerprint density at radius 2 is 2.47 bits per heavy atom. The van der Waals surface area contributed by atoms with Gasteiger partial charge in [-0.1, -0.05) is 6.07 Å². The van der Waals surface area contributed by atoms with Gasteiger partial charge in [0.15, 0.2) is 0 Å². The summed E-state index contributed by atoms with van der Waals surface area (Å²) in [6.45, 7) is 3.81. The molecule has 0 radical (unpaired) electrons. The molecule has 1 aliphatic heterocycles. The van der Waals surface area contributed by atoms with Gasteiger partial charge in [0.25, 0.3) is 0 Å². The molecular weight excluding hydrogens is 214 g/mol. The van der Waals surface area contributed by atoms with Crippen LogP contribution in [0.2, 0.25) is 0 Å². The van der Waals surface area contributed by atoms with Crippen molar-refractivity contribution in [2.24, 2.45) is 5.92 Å². The lowest BCUT2D eigenvalue weighted by molar-refractivity contribution is 0.210. The molecule has 4 heteroatoms. The van der Waals surface area contributed by atoms with Gasteiger partial charge in [-0.05, 0) is 43.5 Å². The van der Waals surface area contributed by atoms with Crippen molar-refractivity contribution in [1.29, 1.82) is 0 Å². The van der Waals surface area contributed by atoms with Gasteiger partial charge in [-0.2, -0.15) is 0 Å². The Morgan fingerprint density at radius 3 is 3.12 bits per heavy atom. The number of rotatable bonds is 6. The van der Waals surface area contributed by atoms with Crippen LogP contribution in [0.25, 0.3) is 0 Å². The summed E-state index contributed by atoms with van der Waals surface area (Å²) in [5.74, 6) is 1.71. The quantitative estimate of drug-likeness (QED) is 0.729. The smallest absolute Gasteiger partial charge is 0.125 e. The van der Waals surface area contributed by atoms with Gasteiger partial charge >= 0.3 is 0 Å². The van der Waals surface area contributed by atoms with E-state index in [2.05, 4.69) is 21.7 Å². The molecule has 1 aromatic heterocycles. The van der Waals surface area contributed by atoms with Crippen LogP contribution in [0, 0.1) is 5.92 Å². The molecule has 2 rings (SSSR count). The summed E-state index contributed by atoms with van der Waals surface area (Å²) in [5, 5.41) is 6.61. The number of hydrogen-bond donors (Lipinski definition) is 2. The minimum atomic E-state index is 0.706. The first-order chi connectivity index (χ1) is 8.38. The fraction of sp³-hybridized carbons (Fsp3) is 0.615. The van der Waals surface area contributed by atoms with Crippen molar-refractivity contribution in [1.82, 2.24) is 10.3 Å². The molecule has 1 fully saturated rings. The van der Waals surface area contributed by atoms with Crippen molar-refractivity contribution < 1.29 is 4.74 Å². The van der Waals surface area contributed by atoms with E-state index in [4.69, 9.17) is 4.74 Å². The Bertz CT molecular complexity index is 320. The second-order valence-electron chi connectivity index (χ2n) is 4.53. The Morgan fingerprint density at radius 1 is 1.53 bits per heavy atom. The molecule has 2 N–H and O–H groups in total. The molecule has 1 atom stereocenters. The molecule has 1 aromatic rings. The van der Waals surface area contributed by atoms with Gasteiger partial charge in [0.2, 0.25) is 0 Å². The van der Waals surface area contributed by atoms with Crippen molar-refractivity contribution in [3.63, 3.8) is 0 Å². The fourth-order valence-corrected chi connectivity index (χ4v) is 2.15. The van der Waals surface area contributed by atoms with Crippen molar-refractivity contribution in [3.05, 3.63) is 23.9 Å². The minimum Gasteiger partial charge on any atom is -0.383 e. The van der Waals surface area contributed by atoms with Gasteiger partial charge in [0, 0.05) is 19.9 Å². The molecule has 2 heterocycles. The lowest BCUT2D eigenvalue weighted by Gasteiger charge is -2.09. The van der Waals surface area contributed by atoms with E-state index >= 15 is 0 Å². The third-order valence-electron chi connectivity index (χ3n) is 3.12. The molecule has 0 saturated carbocycles. The Hall–Kier alpha value is -1.13. The lowest BCUT2D eigenvalue weighted by atomic mass is 10.00. The van der Waals surface area contributed by atoms with Gasteiger partial charge in [0.05, 0.1) is 6.61 Å². The zero-order chi connectivity index (χ0) is 11.9. The maximum atomic E-state index is 4.98. The van der Waals surface area contributed by atoms with Crippen LogP contribution in [0.1, 0.15) is 12.0 Å². The number of methoxy groups -OCH3 is 1. The van der Waals surface area contributed by atoms with E-state index in [-0.39, 0.29) is 0 Å². The summed E-state index contributed by atoms with van der Waals surface area (Å²) in [6.07, 6.45) is 4.40. The van der Waals surface area contributed by atoms with E-state index < -0.39 is 0 Å². The second kappa shape index (κ2) is 6.57. The Kier molecular flexibility index (Phi) is 4.76. The van der Waals surface area contributed by atoms with Gasteiger partial charge in [0.1, 0.15) is 5.82 Å². The van der Waals surface area contributed by atoms with Gasteiger partial charge in [-0.25, -0.2) is 4.98 Å². The molecule has 0 unspecified atom stereocenters. The number of nitrogens with zero attached hydrogens (tertiary/aromatic N) is 1. The number of anilines is 1. The fourth-order valence-electron chi connectivity index (χ4n) is 2.15. The van der Waals surface area contributed by atoms with Gasteiger partial charge in [-0.15, -0.1) is 0 Å². The molecule has 17 heavy (non-hydrogen) atoms. The summed E-state index contributed by atoms with van der Waals surface area (Å²) in [4.78, 5) is 4.41. The zero-order valence-electron chi connectivity index (χ0n) is 10.4. The van der Waals surface area contributed by atoms with Crippen molar-refractivity contribution in [2.45, 2.75) is 12.8 Å². The van der Waals surface area contributed by atoms with Crippen LogP contribution in [0.3, 0.4) is 0 Å². The highest BCUT2D eigenvalue weighted by molar-refractivity contribution is 5.35. The van der Waals surface area contributed by atoms with Gasteiger partial charge in [-0.3, -0.25) is 0 Å². The van der Waals surface area contributed by atoms with E-state index in [0.717, 1.165) is 37.8 Å². The van der Waals surface area contributed by atoms with Crippen LogP contribution in [0.5, 0.6) is 0 Å². The normalized spacial score (nSPS) is 19.5. The average molecular weight is 235 g/mol. The summed E-state index contributed by atoms with van der Waals surface area (Å²) >= 11 is 0. The number of pyridine rings is 1. The average Bonchev–Trinajstić information content (AvgIpc) is 2.85. The molecule has 0 amide bonds. The first kappa shape index (κ1) is 12.3. The van der Waals surface area contributed by atoms with E-state index in [1.54, 1.807) is 7.11 Å². The molecule has 0 aromatic carbocycles. The third kappa shape index (κ3) is 3.98. The second-order valence-corrected chi connectivity index (χ2v) is 4.53. The summed E-state index contributed by atoms with van der Waals surface area (Å²) < 4.78 is 4.98. The van der Waals surface area contributed by atoms with Crippen molar-refractivity contribution in [2.75, 3.05) is 38.7 Å². The number of hydrogen-bond acceptors (Lipinski definition) is 4. The Labute approximate surface area is 103 Å². The maximum absolute atomic E-state index is 4.98. The van der Waals surface area contributed by atoms with Crippen LogP contribution in [0.4, 0.5) is 5.82 Å². The molecule has 1 saturated heterocycles. The number of nitrogens with one attached hydrogen (secondary N) is 2. The summed E-state index contributed by atoms with van der Waals surface area (Å²) in [6, 6.07) is 4.22. The zero-order valence-corrected chi connectivity index (χ0v) is 10.4. The minimum absolute atomic E-state index is 0.706. The van der Waals surface area contributed by atoms with Crippen molar-refractivity contribution in [3.8, 4) is 0 Å². The summed E-state index contributed by atoms with van der Waals surface area (Å²) in [7, 11) is 1.70. The highest BCUT2D eigenvalue weighted by Crippen LogP contribution is 2.15. The highest BCUT2D eigenvalue weighted by atomic mass is 16.5. The molecule has 0 aliphatic carbocycles. The van der Waals surface area contributed by atoms with E-state index in [1.165, 1.54) is 12.0 Å². The van der Waals surface area contributed by atoms with Crippen LogP contribution < -0.4 is 10.6 Å². The maximum Gasteiger partial charge on any atom is 0.125 e. The van der Waals surface area contributed by atoms with Crippen LogP contribution >= 0.6 is 0 Å². The van der Waals surface area contributed by atoms with E-state index in [9.17, 15) is 0 Å². The third-order valence-corrected chi connectivity index (χ3v) is 3.12. The van der Waals surface area contributed by atoms with Crippen molar-refractivity contribution >= 4 is 5.82 Å². The number of ether oxygens (including phenoxy) is 1. The topological polar surface area (TPSA) is 46.2 Å². The summed E-state index contributed by atoms with van der Waals surface area (Å²) in [5.41, 5.74) is 1.33. The predicted molar refractivity (Wildman–Crippen MR) is 69.3 cm³/mol. The monoisotopic (exact) mass is 235 g/mol. The molecule has 1 aliphatic rings. The lowest BCUT2D eigenvalue weighted by Crippen LogP contribution is -2.11. The molecule has 0 spiro atoms. The first-order valence-electron chi connectivity index (χ1n) is 6.27. The molecule has 0 bridgehead atoms. The van der Waals surface area contributed by atoms with Crippen LogP contribution in [-0.2, 0) is 11.2 Å². The SMILES string of the molecule is COCCNc1ccc(C[C@H]2CCNC2)cn1.